The van der Waals surface area contributed by atoms with Crippen molar-refractivity contribution in [1.82, 2.24) is 0 Å². The highest BCUT2D eigenvalue weighted by Crippen LogP contribution is 2.37. The number of hydrogen-bond donors (Lipinski definition) is 1. The standard InChI is InChI=1S/C11H8F3NO2S/c1-2-17-10(16)6-3-4-8(18)9(7(6)5-15)11(12,13)14/h3-4,18H,2H2,1H3. The molecule has 0 atom stereocenters. The molecule has 0 unspecified atom stereocenters. The number of esters is 1. The molecule has 0 aliphatic rings. The van der Waals surface area contributed by atoms with E-state index in [9.17, 15) is 18.0 Å². The highest BCUT2D eigenvalue weighted by molar-refractivity contribution is 7.80. The lowest BCUT2D eigenvalue weighted by Gasteiger charge is -2.13. The predicted octanol–water partition coefficient (Wildman–Crippen LogP) is 3.04. The van der Waals surface area contributed by atoms with Gasteiger partial charge in [-0.2, -0.15) is 18.4 Å². The van der Waals surface area contributed by atoms with Crippen LogP contribution in [0.4, 0.5) is 13.2 Å². The van der Waals surface area contributed by atoms with Gasteiger partial charge in [-0.25, -0.2) is 4.79 Å². The van der Waals surface area contributed by atoms with E-state index in [0.717, 1.165) is 12.1 Å². The molecule has 0 amide bonds. The average Bonchev–Trinajstić information content (AvgIpc) is 2.26. The summed E-state index contributed by atoms with van der Waals surface area (Å²) in [5.74, 6) is -0.965. The number of alkyl halides is 3. The summed E-state index contributed by atoms with van der Waals surface area (Å²) in [5.41, 5.74) is -2.41. The van der Waals surface area contributed by atoms with E-state index in [1.54, 1.807) is 0 Å². The molecule has 1 aromatic rings. The zero-order valence-electron chi connectivity index (χ0n) is 9.21. The number of thiol groups is 1. The second-order valence-electron chi connectivity index (χ2n) is 3.21. The van der Waals surface area contributed by atoms with Crippen molar-refractivity contribution in [2.24, 2.45) is 0 Å². The van der Waals surface area contributed by atoms with Crippen molar-refractivity contribution in [1.29, 1.82) is 5.26 Å². The van der Waals surface area contributed by atoms with Gasteiger partial charge in [0.2, 0.25) is 0 Å². The van der Waals surface area contributed by atoms with Crippen molar-refractivity contribution in [2.45, 2.75) is 18.0 Å². The SMILES string of the molecule is CCOC(=O)c1ccc(S)c(C(F)(F)F)c1C#N. The minimum atomic E-state index is -4.76. The van der Waals surface area contributed by atoms with E-state index in [-0.39, 0.29) is 6.61 Å². The van der Waals surface area contributed by atoms with Crippen molar-refractivity contribution in [3.8, 4) is 6.07 Å². The lowest BCUT2D eigenvalue weighted by Crippen LogP contribution is -2.15. The summed E-state index contributed by atoms with van der Waals surface area (Å²) in [4.78, 5) is 11.0. The Hall–Kier alpha value is -1.68. The minimum absolute atomic E-state index is 0.00762. The number of hydrogen-bond acceptors (Lipinski definition) is 4. The first-order chi connectivity index (χ1) is 8.32. The van der Waals surface area contributed by atoms with E-state index in [1.165, 1.54) is 13.0 Å². The number of halogens is 3. The first-order valence-electron chi connectivity index (χ1n) is 4.83. The van der Waals surface area contributed by atoms with Gasteiger partial charge in [-0.15, -0.1) is 12.6 Å². The third kappa shape index (κ3) is 2.76. The summed E-state index contributed by atoms with van der Waals surface area (Å²) in [5, 5.41) is 8.81. The van der Waals surface area contributed by atoms with Crippen LogP contribution in [0.15, 0.2) is 17.0 Å². The van der Waals surface area contributed by atoms with E-state index in [2.05, 4.69) is 17.4 Å². The fraction of sp³-hybridized carbons (Fsp3) is 0.273. The molecule has 96 valence electrons. The molecule has 0 aliphatic heterocycles. The molecule has 0 aromatic heterocycles. The Morgan fingerprint density at radius 2 is 2.11 bits per heavy atom. The van der Waals surface area contributed by atoms with Crippen LogP contribution in [0.5, 0.6) is 0 Å². The minimum Gasteiger partial charge on any atom is -0.462 e. The third-order valence-corrected chi connectivity index (χ3v) is 2.45. The molecule has 0 fully saturated rings. The van der Waals surface area contributed by atoms with Crippen LogP contribution in [0, 0.1) is 11.3 Å². The Morgan fingerprint density at radius 1 is 1.50 bits per heavy atom. The van der Waals surface area contributed by atoms with Crippen LogP contribution in [0.3, 0.4) is 0 Å². The maximum atomic E-state index is 12.8. The molecule has 0 N–H and O–H groups in total. The maximum Gasteiger partial charge on any atom is 0.418 e. The highest BCUT2D eigenvalue weighted by atomic mass is 32.1. The monoisotopic (exact) mass is 275 g/mol. The van der Waals surface area contributed by atoms with E-state index in [4.69, 9.17) is 5.26 Å². The van der Waals surface area contributed by atoms with Crippen LogP contribution >= 0.6 is 12.6 Å². The van der Waals surface area contributed by atoms with Crippen molar-refractivity contribution >= 4 is 18.6 Å². The van der Waals surface area contributed by atoms with Gasteiger partial charge in [0.15, 0.2) is 0 Å². The van der Waals surface area contributed by atoms with Gasteiger partial charge >= 0.3 is 12.1 Å². The van der Waals surface area contributed by atoms with Crippen molar-refractivity contribution in [3.63, 3.8) is 0 Å². The largest absolute Gasteiger partial charge is 0.462 e. The van der Waals surface area contributed by atoms with Crippen molar-refractivity contribution < 1.29 is 22.7 Å². The number of carbonyl (C=O) groups is 1. The fourth-order valence-corrected chi connectivity index (χ4v) is 1.69. The Kier molecular flexibility index (Phi) is 4.24. The number of benzene rings is 1. The van der Waals surface area contributed by atoms with E-state index < -0.39 is 33.7 Å². The zero-order chi connectivity index (χ0) is 13.9. The Balaban J connectivity index is 3.50. The van der Waals surface area contributed by atoms with Crippen LogP contribution in [0.2, 0.25) is 0 Å². The predicted molar refractivity (Wildman–Crippen MR) is 59.4 cm³/mol. The molecule has 1 rings (SSSR count). The number of nitrogens with zero attached hydrogens (tertiary/aromatic N) is 1. The molecule has 0 saturated heterocycles. The summed E-state index contributed by atoms with van der Waals surface area (Å²) in [6.45, 7) is 1.52. The van der Waals surface area contributed by atoms with Gasteiger partial charge in [-0.1, -0.05) is 0 Å². The normalized spacial score (nSPS) is 10.9. The Morgan fingerprint density at radius 3 is 2.56 bits per heavy atom. The lowest BCUT2D eigenvalue weighted by atomic mass is 10.0. The van der Waals surface area contributed by atoms with Gasteiger partial charge in [0, 0.05) is 4.90 Å². The summed E-state index contributed by atoms with van der Waals surface area (Å²) >= 11 is 3.66. The molecule has 0 heterocycles. The smallest absolute Gasteiger partial charge is 0.418 e. The summed E-state index contributed by atoms with van der Waals surface area (Å²) in [6.07, 6.45) is -4.76. The molecule has 18 heavy (non-hydrogen) atoms. The average molecular weight is 275 g/mol. The maximum absolute atomic E-state index is 12.8. The summed E-state index contributed by atoms with van der Waals surface area (Å²) in [6, 6.07) is 3.49. The van der Waals surface area contributed by atoms with Gasteiger partial charge in [0.05, 0.1) is 23.3 Å². The van der Waals surface area contributed by atoms with Gasteiger partial charge in [0.25, 0.3) is 0 Å². The molecule has 0 saturated carbocycles. The van der Waals surface area contributed by atoms with E-state index in [0.29, 0.717) is 0 Å². The van der Waals surface area contributed by atoms with Crippen LogP contribution in [-0.2, 0) is 10.9 Å². The quantitative estimate of drug-likeness (QED) is 0.666. The Bertz CT molecular complexity index is 520. The highest BCUT2D eigenvalue weighted by Gasteiger charge is 2.37. The van der Waals surface area contributed by atoms with Gasteiger partial charge in [-0.3, -0.25) is 0 Å². The zero-order valence-corrected chi connectivity index (χ0v) is 10.1. The second kappa shape index (κ2) is 5.31. The molecular weight excluding hydrogens is 267 g/mol. The number of carbonyl (C=O) groups excluding carboxylic acids is 1. The summed E-state index contributed by atoms with van der Waals surface area (Å²) in [7, 11) is 0. The van der Waals surface area contributed by atoms with Crippen LogP contribution in [-0.4, -0.2) is 12.6 Å². The van der Waals surface area contributed by atoms with Gasteiger partial charge in [-0.05, 0) is 19.1 Å². The van der Waals surface area contributed by atoms with Gasteiger partial charge < -0.3 is 4.74 Å². The summed E-state index contributed by atoms with van der Waals surface area (Å²) < 4.78 is 42.9. The molecule has 3 nitrogen and oxygen atoms in total. The Labute approximate surface area is 107 Å². The molecule has 0 bridgehead atoms. The van der Waals surface area contributed by atoms with Crippen LogP contribution in [0.25, 0.3) is 0 Å². The fourth-order valence-electron chi connectivity index (χ4n) is 1.37. The molecule has 0 aliphatic carbocycles. The molecule has 7 heteroatoms. The van der Waals surface area contributed by atoms with E-state index >= 15 is 0 Å². The topological polar surface area (TPSA) is 50.1 Å². The number of nitriles is 1. The molecular formula is C11H8F3NO2S. The number of rotatable bonds is 2. The lowest BCUT2D eigenvalue weighted by molar-refractivity contribution is -0.139. The first-order valence-corrected chi connectivity index (χ1v) is 5.28. The second-order valence-corrected chi connectivity index (χ2v) is 3.69. The molecule has 0 radical (unpaired) electrons. The molecule has 1 aromatic carbocycles. The number of ether oxygens (including phenoxy) is 1. The van der Waals surface area contributed by atoms with Crippen molar-refractivity contribution in [2.75, 3.05) is 6.61 Å². The van der Waals surface area contributed by atoms with Crippen molar-refractivity contribution in [3.05, 3.63) is 28.8 Å². The van der Waals surface area contributed by atoms with Crippen LogP contribution < -0.4 is 0 Å². The third-order valence-electron chi connectivity index (χ3n) is 2.07. The first kappa shape index (κ1) is 14.4. The van der Waals surface area contributed by atoms with E-state index in [1.807, 2.05) is 0 Å². The van der Waals surface area contributed by atoms with Gasteiger partial charge in [0.1, 0.15) is 6.07 Å². The molecule has 0 spiro atoms. The van der Waals surface area contributed by atoms with Crippen LogP contribution in [0.1, 0.15) is 28.4 Å².